The van der Waals surface area contributed by atoms with Gasteiger partial charge in [-0.25, -0.2) is 0 Å². The smallest absolute Gasteiger partial charge is 0.420 e. The number of rotatable bonds is 5. The number of ether oxygens (including phenoxy) is 1. The van der Waals surface area contributed by atoms with Crippen LogP contribution in [0.15, 0.2) is 54.6 Å². The van der Waals surface area contributed by atoms with E-state index in [4.69, 9.17) is 39.5 Å². The van der Waals surface area contributed by atoms with Crippen molar-refractivity contribution in [3.8, 4) is 11.5 Å². The maximum atomic E-state index is 14.3. The van der Waals surface area contributed by atoms with Crippen LogP contribution < -0.4 is 10.1 Å². The van der Waals surface area contributed by atoms with Crippen molar-refractivity contribution >= 4 is 46.4 Å². The normalized spacial score (nSPS) is 11.3. The molecule has 1 N–H and O–H groups in total. The Balaban J connectivity index is 2.27. The molecule has 0 aromatic heterocycles. The number of carbonyl (C=O) groups excluding carboxylic acids is 1. The van der Waals surface area contributed by atoms with Crippen molar-refractivity contribution in [2.24, 2.45) is 0 Å². The maximum absolute atomic E-state index is 14.3. The van der Waals surface area contributed by atoms with Gasteiger partial charge >= 0.3 is 6.18 Å². The van der Waals surface area contributed by atoms with Crippen molar-refractivity contribution < 1.29 is 22.7 Å². The van der Waals surface area contributed by atoms with Gasteiger partial charge in [0, 0.05) is 19.0 Å². The number of nitrogens with one attached hydrogen (secondary N) is 1. The molecule has 0 aliphatic rings. The molecule has 3 rings (SSSR count). The fourth-order valence-electron chi connectivity index (χ4n) is 3.04. The molecule has 0 bridgehead atoms. The molecular formula is C22H15Cl3F3NO2. The highest BCUT2D eigenvalue weighted by Crippen LogP contribution is 2.48. The second-order valence-corrected chi connectivity index (χ2v) is 7.76. The summed E-state index contributed by atoms with van der Waals surface area (Å²) in [5, 5.41) is 2.43. The molecule has 0 spiro atoms. The van der Waals surface area contributed by atoms with Crippen LogP contribution >= 0.6 is 34.8 Å². The summed E-state index contributed by atoms with van der Waals surface area (Å²) in [7, 11) is 0. The van der Waals surface area contributed by atoms with Gasteiger partial charge in [0.1, 0.15) is 11.3 Å². The van der Waals surface area contributed by atoms with Crippen molar-refractivity contribution in [2.45, 2.75) is 19.5 Å². The SMILES string of the molecule is CC(=O)Nc1cc(Cl)c(Oc2ccccc2)c(C(F)(F)F)c1Cc1cccc(Cl)c1Cl. The van der Waals surface area contributed by atoms with E-state index in [1.54, 1.807) is 30.3 Å². The quantitative estimate of drug-likeness (QED) is 0.395. The lowest BCUT2D eigenvalue weighted by Crippen LogP contribution is -2.16. The number of anilines is 1. The van der Waals surface area contributed by atoms with Gasteiger partial charge in [0.15, 0.2) is 5.75 Å². The molecule has 0 atom stereocenters. The van der Waals surface area contributed by atoms with Gasteiger partial charge in [-0.15, -0.1) is 0 Å². The number of hydrogen-bond acceptors (Lipinski definition) is 2. The van der Waals surface area contributed by atoms with Crippen molar-refractivity contribution in [3.05, 3.63) is 86.4 Å². The molecule has 162 valence electrons. The van der Waals surface area contributed by atoms with Crippen molar-refractivity contribution in [1.82, 2.24) is 0 Å². The van der Waals surface area contributed by atoms with Gasteiger partial charge in [-0.1, -0.05) is 65.1 Å². The monoisotopic (exact) mass is 487 g/mol. The third-order valence-corrected chi connectivity index (χ3v) is 5.44. The first-order valence-corrected chi connectivity index (χ1v) is 10.1. The number of para-hydroxylation sites is 1. The highest BCUT2D eigenvalue weighted by Gasteiger charge is 2.40. The van der Waals surface area contributed by atoms with E-state index in [1.165, 1.54) is 31.2 Å². The van der Waals surface area contributed by atoms with Gasteiger partial charge < -0.3 is 10.1 Å². The van der Waals surface area contributed by atoms with E-state index >= 15 is 0 Å². The number of halogens is 6. The second kappa shape index (κ2) is 9.39. The fraction of sp³-hybridized carbons (Fsp3) is 0.136. The average Bonchev–Trinajstić information content (AvgIpc) is 2.68. The van der Waals surface area contributed by atoms with E-state index in [2.05, 4.69) is 5.32 Å². The molecule has 3 nitrogen and oxygen atoms in total. The second-order valence-electron chi connectivity index (χ2n) is 6.57. The first-order valence-electron chi connectivity index (χ1n) is 8.94. The zero-order valence-corrected chi connectivity index (χ0v) is 18.3. The summed E-state index contributed by atoms with van der Waals surface area (Å²) in [6, 6.07) is 13.8. The Morgan fingerprint density at radius 2 is 1.68 bits per heavy atom. The minimum atomic E-state index is -4.84. The van der Waals surface area contributed by atoms with E-state index in [9.17, 15) is 18.0 Å². The molecule has 0 fully saturated rings. The van der Waals surface area contributed by atoms with E-state index in [1.807, 2.05) is 0 Å². The number of carbonyl (C=O) groups is 1. The molecule has 0 radical (unpaired) electrons. The van der Waals surface area contributed by atoms with Crippen LogP contribution in [0.2, 0.25) is 15.1 Å². The third-order valence-electron chi connectivity index (χ3n) is 4.30. The Kier molecular flexibility index (Phi) is 7.04. The zero-order valence-electron chi connectivity index (χ0n) is 16.0. The van der Waals surface area contributed by atoms with Crippen LogP contribution in [0.1, 0.15) is 23.6 Å². The first kappa shape index (κ1) is 23.3. The van der Waals surface area contributed by atoms with Crippen molar-refractivity contribution in [2.75, 3.05) is 5.32 Å². The molecule has 0 saturated carbocycles. The van der Waals surface area contributed by atoms with Gasteiger partial charge in [-0.3, -0.25) is 4.79 Å². The van der Waals surface area contributed by atoms with Crippen molar-refractivity contribution in [3.63, 3.8) is 0 Å². The van der Waals surface area contributed by atoms with Crippen LogP contribution in [0.4, 0.5) is 18.9 Å². The highest BCUT2D eigenvalue weighted by molar-refractivity contribution is 6.42. The molecule has 1 amide bonds. The summed E-state index contributed by atoms with van der Waals surface area (Å²) in [6.07, 6.45) is -5.12. The molecule has 0 heterocycles. The van der Waals surface area contributed by atoms with Crippen LogP contribution in [-0.2, 0) is 17.4 Å². The lowest BCUT2D eigenvalue weighted by molar-refractivity contribution is -0.139. The van der Waals surface area contributed by atoms with Gasteiger partial charge in [-0.2, -0.15) is 13.2 Å². The fourth-order valence-corrected chi connectivity index (χ4v) is 3.67. The van der Waals surface area contributed by atoms with Crippen LogP contribution in [0.3, 0.4) is 0 Å². The summed E-state index contributed by atoms with van der Waals surface area (Å²) in [6.45, 7) is 1.19. The molecule has 0 saturated heterocycles. The summed E-state index contributed by atoms with van der Waals surface area (Å²) < 4.78 is 48.4. The Morgan fingerprint density at radius 3 is 2.29 bits per heavy atom. The molecule has 3 aromatic rings. The lowest BCUT2D eigenvalue weighted by Gasteiger charge is -2.22. The Morgan fingerprint density at radius 1 is 1.00 bits per heavy atom. The third kappa shape index (κ3) is 5.45. The van der Waals surface area contributed by atoms with Gasteiger partial charge in [-0.05, 0) is 35.4 Å². The topological polar surface area (TPSA) is 38.3 Å². The summed E-state index contributed by atoms with van der Waals surface area (Å²) in [5.41, 5.74) is -1.11. The Bertz CT molecular complexity index is 1120. The van der Waals surface area contributed by atoms with E-state index < -0.39 is 23.4 Å². The van der Waals surface area contributed by atoms with E-state index in [0.29, 0.717) is 5.56 Å². The molecule has 0 unspecified atom stereocenters. The Hall–Kier alpha value is -2.41. The Labute approximate surface area is 191 Å². The maximum Gasteiger partial charge on any atom is 0.420 e. The largest absolute Gasteiger partial charge is 0.455 e. The predicted octanol–water partition coefficient (Wildman–Crippen LogP) is 8.01. The van der Waals surface area contributed by atoms with Crippen molar-refractivity contribution in [1.29, 1.82) is 0 Å². The average molecular weight is 489 g/mol. The minimum absolute atomic E-state index is 0.0960. The predicted molar refractivity (Wildman–Crippen MR) is 117 cm³/mol. The van der Waals surface area contributed by atoms with E-state index in [0.717, 1.165) is 0 Å². The summed E-state index contributed by atoms with van der Waals surface area (Å²) in [5.74, 6) is -0.948. The minimum Gasteiger partial charge on any atom is -0.455 e. The lowest BCUT2D eigenvalue weighted by atomic mass is 9.96. The van der Waals surface area contributed by atoms with Crippen LogP contribution in [0.5, 0.6) is 11.5 Å². The van der Waals surface area contributed by atoms with Crippen LogP contribution in [0.25, 0.3) is 0 Å². The van der Waals surface area contributed by atoms with Gasteiger partial charge in [0.2, 0.25) is 5.91 Å². The molecule has 9 heteroatoms. The molecule has 0 aliphatic carbocycles. The number of hydrogen-bond donors (Lipinski definition) is 1. The van der Waals surface area contributed by atoms with E-state index in [-0.39, 0.29) is 38.5 Å². The first-order chi connectivity index (χ1) is 14.6. The molecule has 3 aromatic carbocycles. The zero-order chi connectivity index (χ0) is 22.8. The van der Waals surface area contributed by atoms with Gasteiger partial charge in [0.05, 0.1) is 15.1 Å². The van der Waals surface area contributed by atoms with Crippen LogP contribution in [0, 0.1) is 0 Å². The number of alkyl halides is 3. The number of benzene rings is 3. The molecular weight excluding hydrogens is 474 g/mol. The number of amides is 1. The molecule has 0 aliphatic heterocycles. The standard InChI is InChI=1S/C22H15Cl3F3NO2/c1-12(30)29-18-11-17(24)21(31-14-7-3-2-4-8-14)19(22(26,27)28)15(18)10-13-6-5-9-16(23)20(13)25/h2-9,11H,10H2,1H3,(H,29,30). The van der Waals surface area contributed by atoms with Gasteiger partial charge in [0.25, 0.3) is 0 Å². The van der Waals surface area contributed by atoms with Crippen LogP contribution in [-0.4, -0.2) is 5.91 Å². The summed E-state index contributed by atoms with van der Waals surface area (Å²) in [4.78, 5) is 11.7. The molecule has 31 heavy (non-hydrogen) atoms. The summed E-state index contributed by atoms with van der Waals surface area (Å²) >= 11 is 18.4. The highest BCUT2D eigenvalue weighted by atomic mass is 35.5.